The normalized spacial score (nSPS) is 16.5. The Kier molecular flexibility index (Phi) is 4.75. The zero-order valence-corrected chi connectivity index (χ0v) is 15.9. The number of phenolic OH excluding ortho intramolecular Hbond substituents is 1. The highest BCUT2D eigenvalue weighted by Gasteiger charge is 2.34. The van der Waals surface area contributed by atoms with E-state index in [-0.39, 0.29) is 11.7 Å². The topological polar surface area (TPSA) is 64.9 Å². The molecule has 1 amide bonds. The smallest absolute Gasteiger partial charge is 0.278 e. The van der Waals surface area contributed by atoms with Crippen LogP contribution in [0.2, 0.25) is 5.02 Å². The molecule has 3 aromatic carbocycles. The predicted molar refractivity (Wildman–Crippen MR) is 111 cm³/mol. The lowest BCUT2D eigenvalue weighted by molar-refractivity contribution is 0.0690. The highest BCUT2D eigenvalue weighted by Crippen LogP contribution is 2.36. The van der Waals surface area contributed by atoms with Gasteiger partial charge in [0.05, 0.1) is 11.3 Å². The first-order chi connectivity index (χ1) is 13.6. The van der Waals surface area contributed by atoms with E-state index in [2.05, 4.69) is 10.4 Å². The molecule has 4 rings (SSSR count). The summed E-state index contributed by atoms with van der Waals surface area (Å²) in [6.07, 6.45) is -0.572. The van der Waals surface area contributed by atoms with Crippen molar-refractivity contribution in [2.75, 3.05) is 5.32 Å². The number of phenols is 1. The van der Waals surface area contributed by atoms with E-state index < -0.39 is 6.17 Å². The van der Waals surface area contributed by atoms with Crippen molar-refractivity contribution in [2.24, 2.45) is 5.10 Å². The van der Waals surface area contributed by atoms with Gasteiger partial charge in [0.15, 0.2) is 6.17 Å². The van der Waals surface area contributed by atoms with Gasteiger partial charge in [-0.2, -0.15) is 5.10 Å². The molecular weight excluding hydrogens is 374 g/mol. The third-order valence-corrected chi connectivity index (χ3v) is 5.00. The number of hydrogen-bond acceptors (Lipinski definition) is 4. The van der Waals surface area contributed by atoms with E-state index >= 15 is 0 Å². The number of benzene rings is 3. The lowest BCUT2D eigenvalue weighted by atomic mass is 10.0. The van der Waals surface area contributed by atoms with Crippen molar-refractivity contribution < 1.29 is 9.90 Å². The number of amides is 1. The summed E-state index contributed by atoms with van der Waals surface area (Å²) in [7, 11) is 0. The molecule has 1 heterocycles. The molecule has 0 saturated heterocycles. The summed E-state index contributed by atoms with van der Waals surface area (Å²) >= 11 is 6.41. The number of rotatable bonds is 3. The first kappa shape index (κ1) is 18.1. The van der Waals surface area contributed by atoms with Gasteiger partial charge in [0.2, 0.25) is 0 Å². The molecule has 1 aliphatic rings. The Balaban J connectivity index is 1.84. The summed E-state index contributed by atoms with van der Waals surface area (Å²) in [5, 5.41) is 20.0. The molecule has 0 aromatic heterocycles. The Hall–Kier alpha value is -3.31. The Labute approximate surface area is 167 Å². The van der Waals surface area contributed by atoms with Crippen molar-refractivity contribution in [1.82, 2.24) is 5.01 Å². The fraction of sp³-hybridized carbons (Fsp3) is 0.0909. The van der Waals surface area contributed by atoms with Crippen LogP contribution in [0.1, 0.15) is 34.6 Å². The van der Waals surface area contributed by atoms with E-state index in [1.165, 1.54) is 5.01 Å². The van der Waals surface area contributed by atoms with Crippen LogP contribution in [0.15, 0.2) is 77.9 Å². The maximum absolute atomic E-state index is 13.2. The van der Waals surface area contributed by atoms with Crippen LogP contribution < -0.4 is 5.32 Å². The van der Waals surface area contributed by atoms with Gasteiger partial charge in [0.25, 0.3) is 5.91 Å². The minimum Gasteiger partial charge on any atom is -0.507 e. The van der Waals surface area contributed by atoms with Crippen molar-refractivity contribution in [3.8, 4) is 5.75 Å². The minimum atomic E-state index is -0.572. The summed E-state index contributed by atoms with van der Waals surface area (Å²) in [6, 6.07) is 21.5. The molecule has 2 N–H and O–H groups in total. The fourth-order valence-corrected chi connectivity index (χ4v) is 3.49. The zero-order valence-electron chi connectivity index (χ0n) is 15.1. The second-order valence-electron chi connectivity index (χ2n) is 6.47. The number of carbonyl (C=O) groups is 1. The number of aromatic hydroxyl groups is 1. The van der Waals surface area contributed by atoms with Crippen molar-refractivity contribution in [2.45, 2.75) is 13.1 Å². The lowest BCUT2D eigenvalue weighted by Crippen LogP contribution is -2.40. The van der Waals surface area contributed by atoms with Gasteiger partial charge < -0.3 is 10.4 Å². The molecule has 0 unspecified atom stereocenters. The number of para-hydroxylation sites is 2. The Morgan fingerprint density at radius 1 is 1.04 bits per heavy atom. The highest BCUT2D eigenvalue weighted by molar-refractivity contribution is 6.31. The maximum Gasteiger partial charge on any atom is 0.278 e. The van der Waals surface area contributed by atoms with E-state index in [0.29, 0.717) is 21.9 Å². The molecule has 1 atom stereocenters. The molecule has 5 nitrogen and oxygen atoms in total. The second kappa shape index (κ2) is 7.37. The molecular formula is C22H18ClN3O2. The van der Waals surface area contributed by atoms with Gasteiger partial charge >= 0.3 is 0 Å². The van der Waals surface area contributed by atoms with Gasteiger partial charge in [0.1, 0.15) is 5.75 Å². The highest BCUT2D eigenvalue weighted by atomic mass is 35.5. The number of fused-ring (bicyclic) bond motifs is 1. The van der Waals surface area contributed by atoms with Crippen LogP contribution in [0.3, 0.4) is 0 Å². The van der Waals surface area contributed by atoms with Gasteiger partial charge in [-0.05, 0) is 37.3 Å². The van der Waals surface area contributed by atoms with Crippen molar-refractivity contribution >= 4 is 28.9 Å². The molecule has 0 bridgehead atoms. The van der Waals surface area contributed by atoms with Gasteiger partial charge in [-0.1, -0.05) is 54.1 Å². The summed E-state index contributed by atoms with van der Waals surface area (Å²) in [4.78, 5) is 13.2. The third kappa shape index (κ3) is 3.21. The minimum absolute atomic E-state index is 0.107. The second-order valence-corrected chi connectivity index (χ2v) is 6.87. The zero-order chi connectivity index (χ0) is 19.7. The van der Waals surface area contributed by atoms with Gasteiger partial charge in [-0.3, -0.25) is 4.79 Å². The van der Waals surface area contributed by atoms with Crippen LogP contribution in [0, 0.1) is 0 Å². The third-order valence-electron chi connectivity index (χ3n) is 4.65. The molecule has 1 aliphatic heterocycles. The maximum atomic E-state index is 13.2. The van der Waals surface area contributed by atoms with E-state index in [1.807, 2.05) is 42.5 Å². The van der Waals surface area contributed by atoms with Crippen LogP contribution in [-0.4, -0.2) is 21.7 Å². The number of anilines is 1. The number of hydrazone groups is 1. The molecule has 0 saturated carbocycles. The molecule has 28 heavy (non-hydrogen) atoms. The summed E-state index contributed by atoms with van der Waals surface area (Å²) < 4.78 is 0. The number of nitrogens with one attached hydrogen (secondary N) is 1. The SMILES string of the molecule is C/C(=N\N1C(=O)c2ccccc2N[C@H]1c1ccccc1Cl)c1ccccc1O. The summed E-state index contributed by atoms with van der Waals surface area (Å²) in [5.74, 6) is -0.134. The van der Waals surface area contributed by atoms with E-state index in [0.717, 1.165) is 11.3 Å². The van der Waals surface area contributed by atoms with Crippen molar-refractivity contribution in [3.63, 3.8) is 0 Å². The number of carbonyl (C=O) groups excluding carboxylic acids is 1. The Bertz CT molecular complexity index is 1080. The van der Waals surface area contributed by atoms with E-state index in [1.54, 1.807) is 37.3 Å². The quantitative estimate of drug-likeness (QED) is 0.615. The molecule has 140 valence electrons. The largest absolute Gasteiger partial charge is 0.507 e. The summed E-state index contributed by atoms with van der Waals surface area (Å²) in [5.41, 5.74) is 3.07. The number of hydrogen-bond donors (Lipinski definition) is 2. The monoisotopic (exact) mass is 391 g/mol. The molecule has 0 fully saturated rings. The Morgan fingerprint density at radius 2 is 1.71 bits per heavy atom. The van der Waals surface area contributed by atoms with Crippen molar-refractivity contribution in [1.29, 1.82) is 0 Å². The molecule has 3 aromatic rings. The molecule has 0 spiro atoms. The first-order valence-corrected chi connectivity index (χ1v) is 9.21. The average Bonchev–Trinajstić information content (AvgIpc) is 2.71. The standard InChI is InChI=1S/C22H18ClN3O2/c1-14(15-8-4-7-13-20(15)27)25-26-21(16-9-2-5-11-18(16)23)24-19-12-6-3-10-17(19)22(26)28/h2-13,21,24,27H,1H3/b25-14+/t21-/m1/s1. The van der Waals surface area contributed by atoms with Gasteiger partial charge in [0, 0.05) is 21.8 Å². The van der Waals surface area contributed by atoms with Crippen molar-refractivity contribution in [3.05, 3.63) is 94.5 Å². The van der Waals surface area contributed by atoms with E-state index in [9.17, 15) is 9.90 Å². The Morgan fingerprint density at radius 3 is 2.50 bits per heavy atom. The first-order valence-electron chi connectivity index (χ1n) is 8.83. The molecule has 0 radical (unpaired) electrons. The van der Waals surface area contributed by atoms with Crippen LogP contribution >= 0.6 is 11.6 Å². The number of halogens is 1. The van der Waals surface area contributed by atoms with E-state index in [4.69, 9.17) is 11.6 Å². The fourth-order valence-electron chi connectivity index (χ4n) is 3.25. The summed E-state index contributed by atoms with van der Waals surface area (Å²) in [6.45, 7) is 1.76. The van der Waals surface area contributed by atoms with Gasteiger partial charge in [-0.25, -0.2) is 5.01 Å². The van der Waals surface area contributed by atoms with Crippen LogP contribution in [0.4, 0.5) is 5.69 Å². The average molecular weight is 392 g/mol. The predicted octanol–water partition coefficient (Wildman–Crippen LogP) is 5.04. The molecule has 0 aliphatic carbocycles. The van der Waals surface area contributed by atoms with Crippen LogP contribution in [-0.2, 0) is 0 Å². The van der Waals surface area contributed by atoms with Gasteiger partial charge in [-0.15, -0.1) is 0 Å². The van der Waals surface area contributed by atoms with Crippen LogP contribution in [0.5, 0.6) is 5.75 Å². The lowest BCUT2D eigenvalue weighted by Gasteiger charge is -2.35. The number of nitrogens with zero attached hydrogens (tertiary/aromatic N) is 2. The molecule has 6 heteroatoms. The van der Waals surface area contributed by atoms with Crippen LogP contribution in [0.25, 0.3) is 0 Å².